The van der Waals surface area contributed by atoms with Crippen LogP contribution in [0.15, 0.2) is 4.99 Å². The predicted octanol–water partition coefficient (Wildman–Crippen LogP) is 5.60. The van der Waals surface area contributed by atoms with Gasteiger partial charge in [0.1, 0.15) is 0 Å². The van der Waals surface area contributed by atoms with Crippen LogP contribution in [0.25, 0.3) is 5.41 Å². The molecule has 0 aliphatic heterocycles. The molecule has 0 aromatic carbocycles. The summed E-state index contributed by atoms with van der Waals surface area (Å²) in [7, 11) is 0. The van der Waals surface area contributed by atoms with Crippen LogP contribution in [0.5, 0.6) is 0 Å². The van der Waals surface area contributed by atoms with Gasteiger partial charge in [0.2, 0.25) is 0 Å². The number of aliphatic imine (C=N–C) groups is 1. The van der Waals surface area contributed by atoms with Crippen LogP contribution in [0.2, 0.25) is 0 Å². The van der Waals surface area contributed by atoms with Crippen LogP contribution in [0, 0.1) is 11.5 Å². The minimum atomic E-state index is 1.28. The summed E-state index contributed by atoms with van der Waals surface area (Å²) in [4.78, 5) is 2.58. The standard InChI is InChI=1S/C17H38N.C2N3/c1-5-9-13-17-18(14-10-6-2,15-11-7-3)16-12-8-4;3-1-5-2-4/h5-17H2,1-4H3;/q+1;-1. The van der Waals surface area contributed by atoms with Crippen molar-refractivity contribution in [3.8, 4) is 6.19 Å². The van der Waals surface area contributed by atoms with E-state index in [-0.39, 0.29) is 0 Å². The molecular weight excluding hydrogens is 284 g/mol. The van der Waals surface area contributed by atoms with Crippen molar-refractivity contribution < 1.29 is 4.48 Å². The van der Waals surface area contributed by atoms with Gasteiger partial charge in [-0.25, -0.2) is 0 Å². The Kier molecular flexibility index (Phi) is 19.8. The van der Waals surface area contributed by atoms with E-state index in [1.165, 1.54) is 101 Å². The van der Waals surface area contributed by atoms with Crippen LogP contribution >= 0.6 is 0 Å². The molecule has 0 fully saturated rings. The lowest BCUT2D eigenvalue weighted by atomic mass is 10.1. The van der Waals surface area contributed by atoms with Gasteiger partial charge < -0.3 is 14.9 Å². The molecule has 4 heteroatoms. The Morgan fingerprint density at radius 3 is 1.39 bits per heavy atom. The van der Waals surface area contributed by atoms with Gasteiger partial charge in [0, 0.05) is 0 Å². The van der Waals surface area contributed by atoms with Crippen molar-refractivity contribution >= 4 is 6.01 Å². The molecule has 0 aliphatic rings. The smallest absolute Gasteiger partial charge is 0.0925 e. The Labute approximate surface area is 144 Å². The van der Waals surface area contributed by atoms with E-state index in [9.17, 15) is 0 Å². The first-order chi connectivity index (χ1) is 11.2. The minimum Gasteiger partial charge on any atom is -0.422 e. The number of unbranched alkanes of at least 4 members (excludes halogenated alkanes) is 5. The summed E-state index contributed by atoms with van der Waals surface area (Å²) in [5.41, 5.74) is 0. The Bertz CT molecular complexity index is 305. The Balaban J connectivity index is 0. The van der Waals surface area contributed by atoms with E-state index in [0.29, 0.717) is 0 Å². The van der Waals surface area contributed by atoms with Crippen molar-refractivity contribution in [1.82, 2.24) is 0 Å². The van der Waals surface area contributed by atoms with Crippen molar-refractivity contribution in [3.63, 3.8) is 0 Å². The number of hydrogen-bond acceptors (Lipinski definition) is 2. The lowest BCUT2D eigenvalue weighted by molar-refractivity contribution is -0.929. The van der Waals surface area contributed by atoms with Gasteiger partial charge in [-0.05, 0) is 32.1 Å². The second kappa shape index (κ2) is 18.9. The average molecular weight is 323 g/mol. The van der Waals surface area contributed by atoms with Crippen molar-refractivity contribution in [1.29, 1.82) is 5.26 Å². The quantitative estimate of drug-likeness (QED) is 0.188. The molecule has 0 radical (unpaired) electrons. The maximum absolute atomic E-state index is 7.43. The fourth-order valence-corrected chi connectivity index (χ4v) is 2.87. The van der Waals surface area contributed by atoms with E-state index >= 15 is 0 Å². The van der Waals surface area contributed by atoms with E-state index in [0.717, 1.165) is 0 Å². The third-order valence-corrected chi connectivity index (χ3v) is 4.29. The molecule has 0 saturated heterocycles. The largest absolute Gasteiger partial charge is 0.422 e. The van der Waals surface area contributed by atoms with E-state index in [1.54, 1.807) is 0 Å². The van der Waals surface area contributed by atoms with Crippen LogP contribution in [0.1, 0.15) is 85.5 Å². The van der Waals surface area contributed by atoms with E-state index in [1.807, 2.05) is 0 Å². The monoisotopic (exact) mass is 322 g/mol. The molecule has 0 spiro atoms. The molecule has 23 heavy (non-hydrogen) atoms. The lowest BCUT2D eigenvalue weighted by Gasteiger charge is -2.39. The van der Waals surface area contributed by atoms with E-state index in [4.69, 9.17) is 10.7 Å². The molecule has 0 unspecified atom stereocenters. The summed E-state index contributed by atoms with van der Waals surface area (Å²) in [6, 6.07) is 1.28. The predicted molar refractivity (Wildman–Crippen MR) is 100 cm³/mol. The van der Waals surface area contributed by atoms with Crippen LogP contribution in [0.3, 0.4) is 0 Å². The van der Waals surface area contributed by atoms with Gasteiger partial charge in [-0.2, -0.15) is 5.26 Å². The SMILES string of the molecule is CCCCC[N+](CCCC)(CCCC)CCCC.N#CN=C=[N-]. The number of quaternary nitrogens is 1. The molecule has 0 amide bonds. The third-order valence-electron chi connectivity index (χ3n) is 4.29. The second-order valence-electron chi connectivity index (χ2n) is 6.32. The van der Waals surface area contributed by atoms with Gasteiger partial charge in [-0.3, -0.25) is 0 Å². The average Bonchev–Trinajstić information content (AvgIpc) is 2.57. The summed E-state index contributed by atoms with van der Waals surface area (Å²) in [6.45, 7) is 15.0. The molecule has 134 valence electrons. The van der Waals surface area contributed by atoms with Gasteiger partial charge in [0.15, 0.2) is 0 Å². The van der Waals surface area contributed by atoms with Gasteiger partial charge in [-0.15, -0.1) is 6.01 Å². The second-order valence-corrected chi connectivity index (χ2v) is 6.32. The zero-order valence-corrected chi connectivity index (χ0v) is 16.0. The van der Waals surface area contributed by atoms with Crippen LogP contribution in [-0.4, -0.2) is 36.7 Å². The molecule has 0 N–H and O–H groups in total. The molecule has 0 saturated carbocycles. The molecule has 0 aromatic rings. The van der Waals surface area contributed by atoms with E-state index < -0.39 is 0 Å². The fourth-order valence-electron chi connectivity index (χ4n) is 2.87. The summed E-state index contributed by atoms with van der Waals surface area (Å²) in [6.07, 6.45) is 13.8. The molecule has 0 atom stereocenters. The summed E-state index contributed by atoms with van der Waals surface area (Å²) in [5.74, 6) is 0. The minimum absolute atomic E-state index is 1.28. The highest BCUT2D eigenvalue weighted by atomic mass is 15.3. The summed E-state index contributed by atoms with van der Waals surface area (Å²) >= 11 is 0. The van der Waals surface area contributed by atoms with Gasteiger partial charge in [-0.1, -0.05) is 53.4 Å². The van der Waals surface area contributed by atoms with Gasteiger partial charge in [0.05, 0.1) is 32.4 Å². The normalized spacial score (nSPS) is 10.2. The zero-order chi connectivity index (χ0) is 17.8. The highest BCUT2D eigenvalue weighted by Crippen LogP contribution is 2.16. The number of rotatable bonds is 13. The van der Waals surface area contributed by atoms with E-state index in [2.05, 4.69) is 32.7 Å². The summed E-state index contributed by atoms with van der Waals surface area (Å²) < 4.78 is 1.43. The van der Waals surface area contributed by atoms with Crippen molar-refractivity contribution in [3.05, 3.63) is 5.41 Å². The molecule has 0 aliphatic carbocycles. The molecular formula is C19H38N4. The maximum Gasteiger partial charge on any atom is 0.0925 e. The molecule has 0 heterocycles. The first-order valence-corrected chi connectivity index (χ1v) is 9.49. The fraction of sp³-hybridized carbons (Fsp3) is 0.895. The van der Waals surface area contributed by atoms with Crippen molar-refractivity contribution in [2.24, 2.45) is 4.99 Å². The lowest BCUT2D eigenvalue weighted by Crippen LogP contribution is -2.50. The summed E-state index contributed by atoms with van der Waals surface area (Å²) in [5, 5.41) is 14.9. The maximum atomic E-state index is 7.43. The Morgan fingerprint density at radius 1 is 0.739 bits per heavy atom. The third kappa shape index (κ3) is 15.5. The Hall–Kier alpha value is -1.17. The van der Waals surface area contributed by atoms with Crippen LogP contribution < -0.4 is 0 Å². The van der Waals surface area contributed by atoms with Crippen molar-refractivity contribution in [2.75, 3.05) is 26.2 Å². The highest BCUT2D eigenvalue weighted by molar-refractivity contribution is 5.46. The highest BCUT2D eigenvalue weighted by Gasteiger charge is 2.24. The number of hydrogen-bond donors (Lipinski definition) is 0. The van der Waals surface area contributed by atoms with Crippen LogP contribution in [-0.2, 0) is 0 Å². The first kappa shape index (κ1) is 24.1. The number of nitriles is 1. The molecule has 4 nitrogen and oxygen atoms in total. The molecule has 0 rings (SSSR count). The van der Waals surface area contributed by atoms with Crippen LogP contribution in [0.4, 0.5) is 0 Å². The zero-order valence-electron chi connectivity index (χ0n) is 16.0. The number of nitrogens with zero attached hydrogens (tertiary/aromatic N) is 4. The Morgan fingerprint density at radius 2 is 1.13 bits per heavy atom. The topological polar surface area (TPSA) is 58.5 Å². The molecule has 0 aromatic heterocycles. The first-order valence-electron chi connectivity index (χ1n) is 9.49. The van der Waals surface area contributed by atoms with Gasteiger partial charge >= 0.3 is 0 Å². The van der Waals surface area contributed by atoms with Crippen molar-refractivity contribution in [2.45, 2.75) is 85.5 Å². The van der Waals surface area contributed by atoms with Gasteiger partial charge in [0.25, 0.3) is 0 Å². The molecule has 0 bridgehead atoms.